The van der Waals surface area contributed by atoms with Gasteiger partial charge in [-0.25, -0.2) is 4.68 Å². The van der Waals surface area contributed by atoms with Crippen LogP contribution < -0.4 is 19.9 Å². The number of aromatic amines is 1. The summed E-state index contributed by atoms with van der Waals surface area (Å²) in [4.78, 5) is 21.2. The molecule has 0 spiro atoms. The zero-order valence-electron chi connectivity index (χ0n) is 21.3. The summed E-state index contributed by atoms with van der Waals surface area (Å²) in [6.45, 7) is 4.32. The molecule has 2 fully saturated rings. The van der Waals surface area contributed by atoms with E-state index in [-0.39, 0.29) is 24.2 Å². The molecule has 0 radical (unpaired) electrons. The number of H-pyrrole nitrogens is 1. The first kappa shape index (κ1) is 23.9. The molecule has 2 aromatic carbocycles. The Labute approximate surface area is 223 Å². The van der Waals surface area contributed by atoms with Gasteiger partial charge in [-0.3, -0.25) is 9.69 Å². The van der Waals surface area contributed by atoms with Crippen molar-refractivity contribution >= 4 is 16.6 Å². The van der Waals surface area contributed by atoms with Crippen LogP contribution in [0.3, 0.4) is 0 Å². The summed E-state index contributed by atoms with van der Waals surface area (Å²) in [5, 5.41) is 23.3. The van der Waals surface area contributed by atoms with Crippen molar-refractivity contribution in [1.82, 2.24) is 30.1 Å². The molecular weight excluding hydrogens is 502 g/mol. The van der Waals surface area contributed by atoms with Gasteiger partial charge in [-0.1, -0.05) is 0 Å². The van der Waals surface area contributed by atoms with Crippen molar-refractivity contribution in [3.05, 3.63) is 64.2 Å². The average Bonchev–Trinajstić information content (AvgIpc) is 3.72. The SMILES string of the molecule is O=c1[nH]c2cc3c(cc2cc1C(c1nnnn1CC1CCCO1)N1CCN(c2ccc(O)cc2)CC1)OCO3. The lowest BCUT2D eigenvalue weighted by Gasteiger charge is -2.39. The Morgan fingerprint density at radius 1 is 1.05 bits per heavy atom. The zero-order chi connectivity index (χ0) is 26.3. The van der Waals surface area contributed by atoms with Crippen LogP contribution in [0.15, 0.2) is 47.3 Å². The number of benzene rings is 2. The number of hydrogen-bond acceptors (Lipinski definition) is 10. The molecule has 3 aliphatic heterocycles. The largest absolute Gasteiger partial charge is 0.508 e. The van der Waals surface area contributed by atoms with Crippen LogP contribution in [0.2, 0.25) is 0 Å². The fraction of sp³-hybridized carbons (Fsp3) is 0.407. The number of pyridine rings is 1. The van der Waals surface area contributed by atoms with Crippen LogP contribution in [0.25, 0.3) is 10.9 Å². The minimum Gasteiger partial charge on any atom is -0.508 e. The Morgan fingerprint density at radius 2 is 1.85 bits per heavy atom. The molecule has 2 unspecified atom stereocenters. The van der Waals surface area contributed by atoms with Crippen LogP contribution in [-0.4, -0.2) is 80.9 Å². The van der Waals surface area contributed by atoms with E-state index < -0.39 is 6.04 Å². The van der Waals surface area contributed by atoms with Crippen LogP contribution in [0, 0.1) is 0 Å². The summed E-state index contributed by atoms with van der Waals surface area (Å²) in [7, 11) is 0. The molecule has 2 saturated heterocycles. The minimum atomic E-state index is -0.457. The predicted octanol–water partition coefficient (Wildman–Crippen LogP) is 2.04. The van der Waals surface area contributed by atoms with E-state index in [0.29, 0.717) is 48.0 Å². The van der Waals surface area contributed by atoms with Gasteiger partial charge in [0.15, 0.2) is 17.3 Å². The third-order valence-electron chi connectivity index (χ3n) is 7.76. The van der Waals surface area contributed by atoms with Crippen molar-refractivity contribution in [3.8, 4) is 17.2 Å². The quantitative estimate of drug-likeness (QED) is 0.381. The normalized spacial score (nSPS) is 20.1. The van der Waals surface area contributed by atoms with Gasteiger partial charge in [0, 0.05) is 55.5 Å². The molecule has 7 rings (SSSR count). The lowest BCUT2D eigenvalue weighted by Crippen LogP contribution is -2.49. The highest BCUT2D eigenvalue weighted by Gasteiger charge is 2.34. The lowest BCUT2D eigenvalue weighted by molar-refractivity contribution is 0.0906. The third kappa shape index (κ3) is 4.55. The summed E-state index contributed by atoms with van der Waals surface area (Å²) in [6, 6.07) is 12.4. The highest BCUT2D eigenvalue weighted by molar-refractivity contribution is 5.83. The fourth-order valence-electron chi connectivity index (χ4n) is 5.74. The van der Waals surface area contributed by atoms with Crippen molar-refractivity contribution in [2.45, 2.75) is 31.5 Å². The molecule has 39 heavy (non-hydrogen) atoms. The third-order valence-corrected chi connectivity index (χ3v) is 7.76. The molecule has 2 atom stereocenters. The van der Waals surface area contributed by atoms with Crippen LogP contribution >= 0.6 is 0 Å². The second-order valence-electron chi connectivity index (χ2n) is 10.1. The standard InChI is InChI=1S/C27H29N7O5/c35-19-5-3-18(4-6-19)32-7-9-33(10-8-32)25(26-29-30-31-34(26)15-20-2-1-11-37-20)21-12-17-13-23-24(39-16-38-23)14-22(17)28-27(21)36/h3-6,12-14,20,25,35H,1-2,7-11,15-16H2,(H,28,36). The van der Waals surface area contributed by atoms with E-state index in [2.05, 4.69) is 30.3 Å². The van der Waals surface area contributed by atoms with Crippen molar-refractivity contribution in [1.29, 1.82) is 0 Å². The second-order valence-corrected chi connectivity index (χ2v) is 10.1. The summed E-state index contributed by atoms with van der Waals surface area (Å²) in [5.74, 6) is 2.14. The van der Waals surface area contributed by atoms with Crippen molar-refractivity contribution in [2.75, 3.05) is 44.5 Å². The van der Waals surface area contributed by atoms with E-state index in [0.717, 1.165) is 43.6 Å². The van der Waals surface area contributed by atoms with Gasteiger partial charge in [0.25, 0.3) is 5.56 Å². The highest BCUT2D eigenvalue weighted by atomic mass is 16.7. The van der Waals surface area contributed by atoms with Gasteiger partial charge in [-0.15, -0.1) is 5.10 Å². The Balaban J connectivity index is 1.25. The first-order valence-electron chi connectivity index (χ1n) is 13.2. The number of nitrogens with zero attached hydrogens (tertiary/aromatic N) is 6. The Morgan fingerprint density at radius 3 is 2.62 bits per heavy atom. The molecule has 2 N–H and O–H groups in total. The minimum absolute atomic E-state index is 0.0499. The topological polar surface area (TPSA) is 131 Å². The van der Waals surface area contributed by atoms with E-state index in [1.165, 1.54) is 0 Å². The molecule has 0 aliphatic carbocycles. The second kappa shape index (κ2) is 9.86. The number of aromatic nitrogens is 5. The van der Waals surface area contributed by atoms with E-state index >= 15 is 0 Å². The van der Waals surface area contributed by atoms with E-state index in [1.54, 1.807) is 22.9 Å². The van der Waals surface area contributed by atoms with Gasteiger partial charge in [0.1, 0.15) is 11.8 Å². The van der Waals surface area contributed by atoms with Gasteiger partial charge in [0.2, 0.25) is 6.79 Å². The van der Waals surface area contributed by atoms with Gasteiger partial charge >= 0.3 is 0 Å². The molecule has 12 heteroatoms. The van der Waals surface area contributed by atoms with Gasteiger partial charge in [0.05, 0.1) is 18.2 Å². The average molecular weight is 532 g/mol. The number of phenols is 1. The summed E-state index contributed by atoms with van der Waals surface area (Å²) >= 11 is 0. The molecule has 12 nitrogen and oxygen atoms in total. The van der Waals surface area contributed by atoms with Crippen LogP contribution in [0.5, 0.6) is 17.2 Å². The number of aromatic hydroxyl groups is 1. The lowest BCUT2D eigenvalue weighted by atomic mass is 10.0. The van der Waals surface area contributed by atoms with E-state index in [4.69, 9.17) is 14.2 Å². The number of hydrogen-bond donors (Lipinski definition) is 2. The molecule has 5 heterocycles. The Kier molecular flexibility index (Phi) is 6.05. The molecule has 2 aromatic heterocycles. The van der Waals surface area contributed by atoms with Crippen LogP contribution in [0.4, 0.5) is 5.69 Å². The van der Waals surface area contributed by atoms with Crippen LogP contribution in [-0.2, 0) is 11.3 Å². The van der Waals surface area contributed by atoms with E-state index in [1.807, 2.05) is 24.3 Å². The number of piperazine rings is 1. The number of ether oxygens (including phenoxy) is 3. The van der Waals surface area contributed by atoms with Crippen molar-refractivity contribution in [3.63, 3.8) is 0 Å². The molecule has 0 saturated carbocycles. The summed E-state index contributed by atoms with van der Waals surface area (Å²) < 4.78 is 18.7. The van der Waals surface area contributed by atoms with Gasteiger partial charge in [-0.05, 0) is 59.7 Å². The maximum absolute atomic E-state index is 13.6. The smallest absolute Gasteiger partial charge is 0.253 e. The number of phenolic OH excluding ortho intramolecular Hbond substituents is 1. The van der Waals surface area contributed by atoms with Gasteiger partial charge < -0.3 is 29.2 Å². The maximum atomic E-state index is 13.6. The highest BCUT2D eigenvalue weighted by Crippen LogP contribution is 2.36. The fourth-order valence-corrected chi connectivity index (χ4v) is 5.74. The van der Waals surface area contributed by atoms with Crippen molar-refractivity contribution in [2.24, 2.45) is 0 Å². The monoisotopic (exact) mass is 531 g/mol. The first-order valence-corrected chi connectivity index (χ1v) is 13.2. The molecule has 3 aliphatic rings. The predicted molar refractivity (Wildman–Crippen MR) is 141 cm³/mol. The van der Waals surface area contributed by atoms with Crippen molar-refractivity contribution < 1.29 is 19.3 Å². The number of tetrazole rings is 1. The number of rotatable bonds is 6. The molecule has 4 aromatic rings. The first-order chi connectivity index (χ1) is 19.1. The Hall–Kier alpha value is -4.16. The summed E-state index contributed by atoms with van der Waals surface area (Å²) in [6.07, 6.45) is 2.03. The van der Waals surface area contributed by atoms with Gasteiger partial charge in [-0.2, -0.15) is 0 Å². The molecular formula is C27H29N7O5. The number of fused-ring (bicyclic) bond motifs is 2. The molecule has 202 valence electrons. The number of nitrogens with one attached hydrogen (secondary N) is 1. The molecule has 0 amide bonds. The number of anilines is 1. The Bertz CT molecular complexity index is 1540. The summed E-state index contributed by atoms with van der Waals surface area (Å²) in [5.41, 5.74) is 2.11. The van der Waals surface area contributed by atoms with Crippen LogP contribution in [0.1, 0.15) is 30.3 Å². The van der Waals surface area contributed by atoms with E-state index in [9.17, 15) is 9.90 Å². The zero-order valence-corrected chi connectivity index (χ0v) is 21.3. The molecule has 0 bridgehead atoms. The maximum Gasteiger partial charge on any atom is 0.253 e.